The van der Waals surface area contributed by atoms with Crippen molar-refractivity contribution in [2.24, 2.45) is 0 Å². The lowest BCUT2D eigenvalue weighted by Gasteiger charge is -2.31. The molecular formula is C50H92NO7+. The summed E-state index contributed by atoms with van der Waals surface area (Å²) in [5.74, 6) is -1.48. The van der Waals surface area contributed by atoms with Crippen LogP contribution in [-0.4, -0.2) is 80.6 Å². The summed E-state index contributed by atoms with van der Waals surface area (Å²) in [5, 5.41) is 9.63. The lowest BCUT2D eigenvalue weighted by atomic mass is 10.1. The zero-order valence-corrected chi connectivity index (χ0v) is 38.5. The highest BCUT2D eigenvalue weighted by molar-refractivity contribution is 5.72. The van der Waals surface area contributed by atoms with E-state index in [1.54, 1.807) is 0 Å². The number of aliphatic carboxylic acids is 1. The summed E-state index contributed by atoms with van der Waals surface area (Å²) in [6, 6.07) is -0.616. The Morgan fingerprint density at radius 3 is 1.43 bits per heavy atom. The van der Waals surface area contributed by atoms with Crippen LogP contribution in [0.1, 0.15) is 213 Å². The van der Waals surface area contributed by atoms with Gasteiger partial charge in [0.1, 0.15) is 6.61 Å². The molecule has 0 rings (SSSR count). The zero-order valence-electron chi connectivity index (χ0n) is 38.5. The average molecular weight is 819 g/mol. The highest BCUT2D eigenvalue weighted by atomic mass is 16.6. The van der Waals surface area contributed by atoms with E-state index in [2.05, 4.69) is 50.3 Å². The molecule has 0 aliphatic rings. The monoisotopic (exact) mass is 819 g/mol. The summed E-state index contributed by atoms with van der Waals surface area (Å²) in [5.41, 5.74) is 0. The van der Waals surface area contributed by atoms with E-state index in [4.69, 9.17) is 14.2 Å². The number of nitrogens with zero attached hydrogens (tertiary/aromatic N) is 1. The fraction of sp³-hybridized carbons (Fsp3) is 0.820. The van der Waals surface area contributed by atoms with Crippen molar-refractivity contribution in [3.63, 3.8) is 0 Å². The van der Waals surface area contributed by atoms with Crippen LogP contribution >= 0.6 is 0 Å². The smallest absolute Gasteiger partial charge is 0.362 e. The molecule has 0 spiro atoms. The zero-order chi connectivity index (χ0) is 42.8. The molecule has 8 heteroatoms. The number of likely N-dealkylation sites (N-methyl/N-ethyl adjacent to an activating group) is 1. The standard InChI is InChI=1S/C50H91NO7/c1-6-8-10-12-14-16-18-20-22-23-24-25-26-27-29-30-32-34-36-38-40-48(52)57-45-46(44-56-43-42-47(50(54)55)51(3,4)5)58-49(53)41-39-37-35-33-31-28-21-19-17-15-13-11-9-7-2/h9,11,15,17,24-25,46-47H,6-8,10,12-14,16,18-23,26-45H2,1-5H3/p+1/b11-9+,17-15+,25-24+. The second-order valence-corrected chi connectivity index (χ2v) is 17.3. The minimum atomic E-state index is -0.876. The number of carboxylic acids is 1. The molecule has 2 atom stereocenters. The predicted molar refractivity (Wildman–Crippen MR) is 243 cm³/mol. The van der Waals surface area contributed by atoms with E-state index in [1.165, 1.54) is 122 Å². The number of carboxylic acid groups (broad SMARTS) is 1. The molecule has 0 amide bonds. The third-order valence-corrected chi connectivity index (χ3v) is 10.8. The van der Waals surface area contributed by atoms with Crippen molar-refractivity contribution in [3.05, 3.63) is 36.5 Å². The van der Waals surface area contributed by atoms with Crippen molar-refractivity contribution in [1.82, 2.24) is 0 Å². The first-order chi connectivity index (χ1) is 28.1. The molecule has 2 unspecified atom stereocenters. The van der Waals surface area contributed by atoms with Crippen molar-refractivity contribution in [3.8, 4) is 0 Å². The van der Waals surface area contributed by atoms with Crippen LogP contribution in [0.5, 0.6) is 0 Å². The van der Waals surface area contributed by atoms with Crippen LogP contribution in [-0.2, 0) is 28.6 Å². The summed E-state index contributed by atoms with van der Waals surface area (Å²) >= 11 is 0. The quantitative estimate of drug-likeness (QED) is 0.0283. The van der Waals surface area contributed by atoms with Crippen LogP contribution in [0.3, 0.4) is 0 Å². The summed E-state index contributed by atoms with van der Waals surface area (Å²) < 4.78 is 17.3. The van der Waals surface area contributed by atoms with E-state index in [1.807, 2.05) is 21.1 Å². The molecular weight excluding hydrogens is 727 g/mol. The molecule has 0 aromatic carbocycles. The van der Waals surface area contributed by atoms with E-state index in [-0.39, 0.29) is 36.2 Å². The van der Waals surface area contributed by atoms with Crippen molar-refractivity contribution >= 4 is 17.9 Å². The second kappa shape index (κ2) is 41.3. The predicted octanol–water partition coefficient (Wildman–Crippen LogP) is 13.4. The van der Waals surface area contributed by atoms with Crippen molar-refractivity contribution < 1.29 is 38.2 Å². The van der Waals surface area contributed by atoms with Crippen molar-refractivity contribution in [2.45, 2.75) is 225 Å². The van der Waals surface area contributed by atoms with Crippen LogP contribution < -0.4 is 0 Å². The van der Waals surface area contributed by atoms with E-state index < -0.39 is 18.1 Å². The van der Waals surface area contributed by atoms with E-state index in [0.29, 0.717) is 19.3 Å². The third kappa shape index (κ3) is 39.0. The largest absolute Gasteiger partial charge is 0.477 e. The van der Waals surface area contributed by atoms with Gasteiger partial charge in [0.2, 0.25) is 0 Å². The number of hydrogen-bond donors (Lipinski definition) is 1. The topological polar surface area (TPSA) is 99.1 Å². The van der Waals surface area contributed by atoms with Gasteiger partial charge in [0.15, 0.2) is 12.1 Å². The van der Waals surface area contributed by atoms with Crippen LogP contribution in [0.15, 0.2) is 36.5 Å². The molecule has 0 aromatic rings. The maximum absolute atomic E-state index is 12.7. The Kier molecular flexibility index (Phi) is 39.5. The molecule has 1 N–H and O–H groups in total. The highest BCUT2D eigenvalue weighted by Crippen LogP contribution is 2.15. The van der Waals surface area contributed by atoms with Gasteiger partial charge in [-0.3, -0.25) is 9.59 Å². The van der Waals surface area contributed by atoms with E-state index in [0.717, 1.165) is 57.8 Å². The van der Waals surface area contributed by atoms with Gasteiger partial charge in [-0.15, -0.1) is 0 Å². The Hall–Kier alpha value is -2.45. The summed E-state index contributed by atoms with van der Waals surface area (Å²) in [4.78, 5) is 37.0. The van der Waals surface area contributed by atoms with Gasteiger partial charge in [-0.25, -0.2) is 4.79 Å². The maximum Gasteiger partial charge on any atom is 0.362 e. The summed E-state index contributed by atoms with van der Waals surface area (Å²) in [6.07, 6.45) is 47.6. The van der Waals surface area contributed by atoms with Gasteiger partial charge in [-0.2, -0.15) is 0 Å². The van der Waals surface area contributed by atoms with Gasteiger partial charge in [-0.1, -0.05) is 166 Å². The lowest BCUT2D eigenvalue weighted by Crippen LogP contribution is -2.50. The number of quaternary nitrogens is 1. The third-order valence-electron chi connectivity index (χ3n) is 10.8. The van der Waals surface area contributed by atoms with Gasteiger partial charge in [-0.05, 0) is 64.2 Å². The molecule has 0 aromatic heterocycles. The molecule has 0 radical (unpaired) electrons. The molecule has 8 nitrogen and oxygen atoms in total. The summed E-state index contributed by atoms with van der Waals surface area (Å²) in [7, 11) is 5.53. The van der Waals surface area contributed by atoms with Gasteiger partial charge in [0, 0.05) is 19.3 Å². The first-order valence-corrected chi connectivity index (χ1v) is 24.0. The van der Waals surface area contributed by atoms with E-state index >= 15 is 0 Å². The van der Waals surface area contributed by atoms with Crippen LogP contribution in [0.2, 0.25) is 0 Å². The number of hydrogen-bond acceptors (Lipinski definition) is 6. The van der Waals surface area contributed by atoms with Gasteiger partial charge in [0.25, 0.3) is 0 Å². The number of carbonyl (C=O) groups is 3. The Morgan fingerprint density at radius 1 is 0.534 bits per heavy atom. The SMILES string of the molecule is CC/C=C/C/C=C/CCCCCCCCCC(=O)OC(COCCC(C(=O)O)[N+](C)(C)C)COC(=O)CCCCCCCCC/C=C/CCCCCCCCCCC. The summed E-state index contributed by atoms with van der Waals surface area (Å²) in [6.45, 7) is 4.64. The minimum absolute atomic E-state index is 0.0550. The lowest BCUT2D eigenvalue weighted by molar-refractivity contribution is -0.887. The van der Waals surface area contributed by atoms with Crippen molar-refractivity contribution in [2.75, 3.05) is 41.0 Å². The Labute approximate surface area is 357 Å². The molecule has 0 saturated carbocycles. The molecule has 0 fully saturated rings. The fourth-order valence-corrected chi connectivity index (χ4v) is 7.07. The Bertz CT molecular complexity index is 1050. The first-order valence-electron chi connectivity index (χ1n) is 24.0. The van der Waals surface area contributed by atoms with Crippen LogP contribution in [0.4, 0.5) is 0 Å². The number of allylic oxidation sites excluding steroid dienone is 6. The number of unbranched alkanes of at least 4 members (excludes halogenated alkanes) is 23. The highest BCUT2D eigenvalue weighted by Gasteiger charge is 2.31. The van der Waals surface area contributed by atoms with Gasteiger partial charge < -0.3 is 23.8 Å². The normalized spacial score (nSPS) is 13.2. The van der Waals surface area contributed by atoms with Crippen LogP contribution in [0.25, 0.3) is 0 Å². The first kappa shape index (κ1) is 55.5. The maximum atomic E-state index is 12.7. The fourth-order valence-electron chi connectivity index (χ4n) is 7.07. The van der Waals surface area contributed by atoms with Gasteiger partial charge in [0.05, 0.1) is 34.4 Å². The second-order valence-electron chi connectivity index (χ2n) is 17.3. The molecule has 0 saturated heterocycles. The van der Waals surface area contributed by atoms with Crippen LogP contribution in [0, 0.1) is 0 Å². The molecule has 0 aliphatic carbocycles. The Morgan fingerprint density at radius 2 is 0.966 bits per heavy atom. The number of ether oxygens (including phenoxy) is 3. The van der Waals surface area contributed by atoms with E-state index in [9.17, 15) is 19.5 Å². The van der Waals surface area contributed by atoms with Crippen molar-refractivity contribution in [1.29, 1.82) is 0 Å². The minimum Gasteiger partial charge on any atom is -0.477 e. The molecule has 58 heavy (non-hydrogen) atoms. The average Bonchev–Trinajstić information content (AvgIpc) is 3.18. The Balaban J connectivity index is 4.26. The van der Waals surface area contributed by atoms with Gasteiger partial charge >= 0.3 is 17.9 Å². The number of esters is 2. The number of carbonyl (C=O) groups excluding carboxylic acids is 2. The molecule has 0 aliphatic heterocycles. The molecule has 0 bridgehead atoms. The molecule has 338 valence electrons. The number of rotatable bonds is 43. The molecule has 0 heterocycles.